The molecule has 0 radical (unpaired) electrons. The number of hydrogen-bond acceptors (Lipinski definition) is 8. The van der Waals surface area contributed by atoms with Crippen LogP contribution >= 0.6 is 0 Å². The van der Waals surface area contributed by atoms with Crippen LogP contribution in [-0.4, -0.2) is 52.2 Å². The average Bonchev–Trinajstić information content (AvgIpc) is 3.15. The van der Waals surface area contributed by atoms with Gasteiger partial charge in [-0.3, -0.25) is 10.1 Å². The number of amides is 3. The second-order valence-corrected chi connectivity index (χ2v) is 7.73. The van der Waals surface area contributed by atoms with Crippen molar-refractivity contribution >= 4 is 39.4 Å². The van der Waals surface area contributed by atoms with Gasteiger partial charge in [0.25, 0.3) is 11.1 Å². The summed E-state index contributed by atoms with van der Waals surface area (Å²) in [6.07, 6.45) is 5.73. The van der Waals surface area contributed by atoms with Gasteiger partial charge in [0.2, 0.25) is 15.8 Å². The molecule has 2 aromatic heterocycles. The molecule has 2 fully saturated rings. The number of carbonyl (C=O) groups is 2. The first-order valence-corrected chi connectivity index (χ1v) is 9.27. The molecular formula is C13H13N7O4S. The summed E-state index contributed by atoms with van der Waals surface area (Å²) in [5.74, 6) is -0.324. The van der Waals surface area contributed by atoms with Crippen LogP contribution in [0.4, 0.5) is 10.7 Å². The SMILES string of the molecule is CS(=O)(=O)c1nc(NC2CC2)n2ncc(C=C3NC(=O)NC3=O)c2n1. The van der Waals surface area contributed by atoms with Gasteiger partial charge in [0.05, 0.1) is 6.20 Å². The zero-order valence-electron chi connectivity index (χ0n) is 13.0. The number of fused-ring (bicyclic) bond motifs is 1. The highest BCUT2D eigenvalue weighted by molar-refractivity contribution is 7.90. The molecule has 0 spiro atoms. The molecule has 11 nitrogen and oxygen atoms in total. The molecule has 1 saturated heterocycles. The van der Waals surface area contributed by atoms with Crippen molar-refractivity contribution in [1.82, 2.24) is 30.2 Å². The Morgan fingerprint density at radius 1 is 1.28 bits per heavy atom. The van der Waals surface area contributed by atoms with Crippen LogP contribution < -0.4 is 16.0 Å². The number of imide groups is 1. The van der Waals surface area contributed by atoms with Crippen molar-refractivity contribution in [3.05, 3.63) is 17.5 Å². The summed E-state index contributed by atoms with van der Waals surface area (Å²) >= 11 is 0. The molecule has 1 aliphatic carbocycles. The van der Waals surface area contributed by atoms with E-state index >= 15 is 0 Å². The van der Waals surface area contributed by atoms with E-state index in [9.17, 15) is 18.0 Å². The summed E-state index contributed by atoms with van der Waals surface area (Å²) in [5, 5.41) is 11.4. The first-order valence-electron chi connectivity index (χ1n) is 7.37. The summed E-state index contributed by atoms with van der Waals surface area (Å²) in [6.45, 7) is 0. The fourth-order valence-electron chi connectivity index (χ4n) is 2.28. The molecule has 0 aromatic carbocycles. The molecule has 4 rings (SSSR count). The summed E-state index contributed by atoms with van der Waals surface area (Å²) in [7, 11) is -3.65. The normalized spacial score (nSPS) is 19.3. The van der Waals surface area contributed by atoms with E-state index in [2.05, 4.69) is 31.0 Å². The van der Waals surface area contributed by atoms with Gasteiger partial charge in [-0.25, -0.2) is 13.2 Å². The maximum atomic E-state index is 11.9. The van der Waals surface area contributed by atoms with Gasteiger partial charge in [-0.1, -0.05) is 0 Å². The Balaban J connectivity index is 1.87. The minimum Gasteiger partial charge on any atom is -0.351 e. The zero-order valence-corrected chi connectivity index (χ0v) is 13.8. The van der Waals surface area contributed by atoms with Crippen LogP contribution in [-0.2, 0) is 14.6 Å². The molecule has 25 heavy (non-hydrogen) atoms. The Labute approximate surface area is 141 Å². The van der Waals surface area contributed by atoms with Gasteiger partial charge >= 0.3 is 6.03 Å². The molecule has 1 aliphatic heterocycles. The zero-order chi connectivity index (χ0) is 17.8. The van der Waals surface area contributed by atoms with E-state index in [1.807, 2.05) is 0 Å². The van der Waals surface area contributed by atoms with Gasteiger partial charge in [0.1, 0.15) is 5.70 Å². The number of carbonyl (C=O) groups excluding carboxylic acids is 2. The number of sulfone groups is 1. The lowest BCUT2D eigenvalue weighted by Crippen LogP contribution is -2.22. The van der Waals surface area contributed by atoms with Crippen molar-refractivity contribution in [2.24, 2.45) is 0 Å². The first kappa shape index (κ1) is 15.5. The third-order valence-corrected chi connectivity index (χ3v) is 4.48. The molecule has 1 saturated carbocycles. The summed E-state index contributed by atoms with van der Waals surface area (Å²) in [6, 6.07) is -0.410. The summed E-state index contributed by atoms with van der Waals surface area (Å²) in [5.41, 5.74) is 0.606. The van der Waals surface area contributed by atoms with Crippen molar-refractivity contribution < 1.29 is 18.0 Å². The Kier molecular flexibility index (Phi) is 3.25. The van der Waals surface area contributed by atoms with E-state index in [-0.39, 0.29) is 28.5 Å². The Morgan fingerprint density at radius 2 is 2.04 bits per heavy atom. The highest BCUT2D eigenvalue weighted by Gasteiger charge is 2.27. The lowest BCUT2D eigenvalue weighted by molar-refractivity contribution is -0.115. The van der Waals surface area contributed by atoms with Crippen molar-refractivity contribution in [2.75, 3.05) is 11.6 Å². The van der Waals surface area contributed by atoms with Crippen molar-refractivity contribution in [3.63, 3.8) is 0 Å². The molecule has 3 amide bonds. The number of urea groups is 1. The standard InChI is InChI=1S/C13H13N7O4S/c1-25(23,24)13-17-9-6(4-8-10(21)18-12(22)16-8)5-14-20(9)11(19-13)15-7-2-3-7/h4-5,7H,2-3H2,1H3,(H,15,17,19)(H2,16,18,21,22). The lowest BCUT2D eigenvalue weighted by Gasteiger charge is -2.07. The number of nitrogens with one attached hydrogen (secondary N) is 3. The molecule has 130 valence electrons. The summed E-state index contributed by atoms with van der Waals surface area (Å²) in [4.78, 5) is 31.0. The van der Waals surface area contributed by atoms with Gasteiger partial charge in [-0.05, 0) is 18.9 Å². The monoisotopic (exact) mass is 363 g/mol. The van der Waals surface area contributed by atoms with E-state index in [1.54, 1.807) is 0 Å². The maximum absolute atomic E-state index is 11.9. The third kappa shape index (κ3) is 2.91. The fraction of sp³-hybridized carbons (Fsp3) is 0.308. The van der Waals surface area contributed by atoms with E-state index in [0.717, 1.165) is 19.1 Å². The van der Waals surface area contributed by atoms with Crippen LogP contribution in [0.2, 0.25) is 0 Å². The van der Waals surface area contributed by atoms with E-state index in [4.69, 9.17) is 0 Å². The number of rotatable bonds is 4. The molecule has 3 N–H and O–H groups in total. The Hall–Kier alpha value is -3.02. The highest BCUT2D eigenvalue weighted by atomic mass is 32.2. The van der Waals surface area contributed by atoms with Gasteiger partial charge < -0.3 is 10.6 Å². The Bertz CT molecular complexity index is 1050. The predicted molar refractivity (Wildman–Crippen MR) is 85.2 cm³/mol. The van der Waals surface area contributed by atoms with Crippen LogP contribution in [0.3, 0.4) is 0 Å². The van der Waals surface area contributed by atoms with Crippen LogP contribution in [0.15, 0.2) is 17.1 Å². The molecule has 0 bridgehead atoms. The van der Waals surface area contributed by atoms with Gasteiger partial charge in [0.15, 0.2) is 5.65 Å². The molecule has 3 heterocycles. The molecule has 0 unspecified atom stereocenters. The minimum absolute atomic E-state index is 0.0242. The molecule has 2 aliphatic rings. The highest BCUT2D eigenvalue weighted by Crippen LogP contribution is 2.25. The van der Waals surface area contributed by atoms with Crippen molar-refractivity contribution in [3.8, 4) is 0 Å². The molecule has 12 heteroatoms. The maximum Gasteiger partial charge on any atom is 0.326 e. The van der Waals surface area contributed by atoms with Crippen LogP contribution in [0.1, 0.15) is 18.4 Å². The summed E-state index contributed by atoms with van der Waals surface area (Å²) < 4.78 is 25.1. The second-order valence-electron chi connectivity index (χ2n) is 5.82. The first-order chi connectivity index (χ1) is 11.8. The van der Waals surface area contributed by atoms with E-state index in [0.29, 0.717) is 5.56 Å². The number of nitrogens with zero attached hydrogens (tertiary/aromatic N) is 4. The van der Waals surface area contributed by atoms with Crippen molar-refractivity contribution in [1.29, 1.82) is 0 Å². The number of anilines is 1. The largest absolute Gasteiger partial charge is 0.351 e. The Morgan fingerprint density at radius 3 is 2.64 bits per heavy atom. The van der Waals surface area contributed by atoms with Crippen molar-refractivity contribution in [2.45, 2.75) is 24.0 Å². The van der Waals surface area contributed by atoms with E-state index < -0.39 is 21.8 Å². The van der Waals surface area contributed by atoms with Crippen LogP contribution in [0, 0.1) is 0 Å². The smallest absolute Gasteiger partial charge is 0.326 e. The lowest BCUT2D eigenvalue weighted by atomic mass is 10.2. The predicted octanol–water partition coefficient (Wildman–Crippen LogP) is -0.718. The molecular weight excluding hydrogens is 350 g/mol. The quantitative estimate of drug-likeness (QED) is 0.476. The fourth-order valence-corrected chi connectivity index (χ4v) is 2.79. The number of aromatic nitrogens is 4. The van der Waals surface area contributed by atoms with Gasteiger partial charge in [-0.15, -0.1) is 0 Å². The van der Waals surface area contributed by atoms with Crippen LogP contribution in [0.5, 0.6) is 0 Å². The molecule has 2 aromatic rings. The third-order valence-electron chi connectivity index (χ3n) is 3.64. The minimum atomic E-state index is -3.65. The number of hydrogen-bond donors (Lipinski definition) is 3. The van der Waals surface area contributed by atoms with Gasteiger partial charge in [0, 0.05) is 17.9 Å². The van der Waals surface area contributed by atoms with E-state index in [1.165, 1.54) is 16.8 Å². The molecule has 0 atom stereocenters. The van der Waals surface area contributed by atoms with Gasteiger partial charge in [-0.2, -0.15) is 19.6 Å². The average molecular weight is 363 g/mol. The topological polar surface area (TPSA) is 147 Å². The second kappa shape index (κ2) is 5.24. The van der Waals surface area contributed by atoms with Crippen LogP contribution in [0.25, 0.3) is 11.7 Å².